The second-order valence-electron chi connectivity index (χ2n) is 7.05. The first kappa shape index (κ1) is 14.7. The zero-order valence-electron chi connectivity index (χ0n) is 13.8. The maximum atomic E-state index is 3.85. The van der Waals surface area contributed by atoms with E-state index in [0.717, 1.165) is 0 Å². The third-order valence-electron chi connectivity index (χ3n) is 5.20. The van der Waals surface area contributed by atoms with E-state index in [0.29, 0.717) is 5.54 Å². The summed E-state index contributed by atoms with van der Waals surface area (Å²) in [5, 5.41) is 3.85. The lowest BCUT2D eigenvalue weighted by atomic mass is 9.97. The largest absolute Gasteiger partial charge is 0.377 e. The van der Waals surface area contributed by atoms with E-state index >= 15 is 0 Å². The lowest BCUT2D eigenvalue weighted by Crippen LogP contribution is -2.49. The predicted molar refractivity (Wildman–Crippen MR) is 91.5 cm³/mol. The molecule has 0 bridgehead atoms. The Bertz CT molecular complexity index is 489. The van der Waals surface area contributed by atoms with Gasteiger partial charge in [0.2, 0.25) is 0 Å². The summed E-state index contributed by atoms with van der Waals surface area (Å²) < 4.78 is 0. The molecule has 2 aliphatic rings. The van der Waals surface area contributed by atoms with Crippen LogP contribution in [0.5, 0.6) is 0 Å². The highest BCUT2D eigenvalue weighted by molar-refractivity contribution is 5.63. The molecule has 1 aliphatic heterocycles. The fourth-order valence-electron chi connectivity index (χ4n) is 4.01. The van der Waals surface area contributed by atoms with E-state index in [2.05, 4.69) is 54.3 Å². The van der Waals surface area contributed by atoms with Crippen LogP contribution < -0.4 is 15.1 Å². The quantitative estimate of drug-likeness (QED) is 0.901. The van der Waals surface area contributed by atoms with Crippen molar-refractivity contribution in [3.8, 4) is 0 Å². The Hall–Kier alpha value is -1.22. The van der Waals surface area contributed by atoms with Crippen molar-refractivity contribution < 1.29 is 0 Å². The number of rotatable bonds is 2. The SMILES string of the molecule is Cc1ccc(N2CCCNC3(CCCC3)C2)cc1N(C)C. The van der Waals surface area contributed by atoms with Crippen LogP contribution in [0.1, 0.15) is 37.7 Å². The van der Waals surface area contributed by atoms with E-state index in [1.54, 1.807) is 0 Å². The van der Waals surface area contributed by atoms with Gasteiger partial charge in [0.05, 0.1) is 0 Å². The Kier molecular flexibility index (Phi) is 4.12. The lowest BCUT2D eigenvalue weighted by Gasteiger charge is -2.35. The van der Waals surface area contributed by atoms with Crippen molar-refractivity contribution in [2.24, 2.45) is 0 Å². The normalized spacial score (nSPS) is 21.6. The number of aryl methyl sites for hydroxylation is 1. The fourth-order valence-corrected chi connectivity index (χ4v) is 4.01. The molecule has 1 aromatic carbocycles. The molecule has 1 heterocycles. The summed E-state index contributed by atoms with van der Waals surface area (Å²) in [6.45, 7) is 5.71. The number of nitrogens with one attached hydrogen (secondary N) is 1. The molecule has 0 amide bonds. The van der Waals surface area contributed by atoms with Crippen LogP contribution in [0, 0.1) is 6.92 Å². The standard InChI is InChI=1S/C18H29N3/c1-15-7-8-16(13-17(15)20(2)3)21-12-6-11-19-18(14-21)9-4-5-10-18/h7-8,13,19H,4-6,9-12,14H2,1-3H3. The van der Waals surface area contributed by atoms with Crippen molar-refractivity contribution >= 4 is 11.4 Å². The fraction of sp³-hybridized carbons (Fsp3) is 0.667. The summed E-state index contributed by atoms with van der Waals surface area (Å²) in [6.07, 6.45) is 6.70. The summed E-state index contributed by atoms with van der Waals surface area (Å²) in [5.74, 6) is 0. The molecule has 2 fully saturated rings. The average molecular weight is 287 g/mol. The third-order valence-corrected chi connectivity index (χ3v) is 5.20. The van der Waals surface area contributed by atoms with Gasteiger partial charge in [-0.15, -0.1) is 0 Å². The van der Waals surface area contributed by atoms with Gasteiger partial charge in [-0.3, -0.25) is 0 Å². The zero-order valence-corrected chi connectivity index (χ0v) is 13.8. The maximum Gasteiger partial charge on any atom is 0.0411 e. The molecule has 1 spiro atoms. The molecule has 3 nitrogen and oxygen atoms in total. The molecule has 116 valence electrons. The highest BCUT2D eigenvalue weighted by Gasteiger charge is 2.36. The second-order valence-corrected chi connectivity index (χ2v) is 7.05. The Morgan fingerprint density at radius 1 is 1.14 bits per heavy atom. The molecule has 1 N–H and O–H groups in total. The maximum absolute atomic E-state index is 3.85. The van der Waals surface area contributed by atoms with Gasteiger partial charge in [-0.25, -0.2) is 0 Å². The van der Waals surface area contributed by atoms with Crippen LogP contribution in [-0.2, 0) is 0 Å². The van der Waals surface area contributed by atoms with E-state index in [4.69, 9.17) is 0 Å². The molecule has 1 aromatic rings. The first-order chi connectivity index (χ1) is 10.1. The van der Waals surface area contributed by atoms with Gasteiger partial charge in [0.15, 0.2) is 0 Å². The van der Waals surface area contributed by atoms with Crippen LogP contribution in [0.25, 0.3) is 0 Å². The molecular weight excluding hydrogens is 258 g/mol. The number of hydrogen-bond donors (Lipinski definition) is 1. The van der Waals surface area contributed by atoms with Crippen molar-refractivity contribution in [2.45, 2.75) is 44.6 Å². The predicted octanol–water partition coefficient (Wildman–Crippen LogP) is 3.17. The van der Waals surface area contributed by atoms with Crippen LogP contribution in [-0.4, -0.2) is 39.3 Å². The summed E-state index contributed by atoms with van der Waals surface area (Å²) in [6, 6.07) is 6.93. The van der Waals surface area contributed by atoms with Crippen molar-refractivity contribution in [3.63, 3.8) is 0 Å². The Balaban J connectivity index is 1.86. The molecular formula is C18H29N3. The second kappa shape index (κ2) is 5.88. The zero-order chi connectivity index (χ0) is 14.9. The summed E-state index contributed by atoms with van der Waals surface area (Å²) in [4.78, 5) is 4.83. The smallest absolute Gasteiger partial charge is 0.0411 e. The monoisotopic (exact) mass is 287 g/mol. The Morgan fingerprint density at radius 3 is 2.62 bits per heavy atom. The third kappa shape index (κ3) is 3.03. The van der Waals surface area contributed by atoms with Gasteiger partial charge >= 0.3 is 0 Å². The number of hydrogen-bond acceptors (Lipinski definition) is 3. The minimum absolute atomic E-state index is 0.375. The van der Waals surface area contributed by atoms with Gasteiger partial charge < -0.3 is 15.1 Å². The molecule has 3 heteroatoms. The van der Waals surface area contributed by atoms with Gasteiger partial charge in [-0.05, 0) is 50.4 Å². The number of anilines is 2. The first-order valence-corrected chi connectivity index (χ1v) is 8.38. The molecule has 0 atom stereocenters. The summed E-state index contributed by atoms with van der Waals surface area (Å²) in [7, 11) is 4.27. The molecule has 1 saturated heterocycles. The van der Waals surface area contributed by atoms with Gasteiger partial charge in [0, 0.05) is 44.1 Å². The van der Waals surface area contributed by atoms with E-state index < -0.39 is 0 Å². The summed E-state index contributed by atoms with van der Waals surface area (Å²) >= 11 is 0. The minimum atomic E-state index is 0.375. The summed E-state index contributed by atoms with van der Waals surface area (Å²) in [5.41, 5.74) is 4.45. The molecule has 21 heavy (non-hydrogen) atoms. The van der Waals surface area contributed by atoms with Crippen LogP contribution >= 0.6 is 0 Å². The van der Waals surface area contributed by atoms with Crippen LogP contribution in [0.3, 0.4) is 0 Å². The average Bonchev–Trinajstić information content (AvgIpc) is 2.80. The van der Waals surface area contributed by atoms with Crippen LogP contribution in [0.2, 0.25) is 0 Å². The van der Waals surface area contributed by atoms with Crippen molar-refractivity contribution in [1.29, 1.82) is 0 Å². The molecule has 3 rings (SSSR count). The van der Waals surface area contributed by atoms with Crippen molar-refractivity contribution in [1.82, 2.24) is 5.32 Å². The minimum Gasteiger partial charge on any atom is -0.377 e. The molecule has 1 saturated carbocycles. The topological polar surface area (TPSA) is 18.5 Å². The number of nitrogens with zero attached hydrogens (tertiary/aromatic N) is 2. The Labute approximate surface area is 129 Å². The van der Waals surface area contributed by atoms with E-state index in [1.807, 2.05) is 0 Å². The van der Waals surface area contributed by atoms with Gasteiger partial charge in [0.1, 0.15) is 0 Å². The van der Waals surface area contributed by atoms with E-state index in [-0.39, 0.29) is 0 Å². The highest BCUT2D eigenvalue weighted by Crippen LogP contribution is 2.34. The molecule has 0 radical (unpaired) electrons. The van der Waals surface area contributed by atoms with Gasteiger partial charge in [-0.1, -0.05) is 18.9 Å². The van der Waals surface area contributed by atoms with Crippen LogP contribution in [0.15, 0.2) is 18.2 Å². The number of benzene rings is 1. The van der Waals surface area contributed by atoms with E-state index in [9.17, 15) is 0 Å². The Morgan fingerprint density at radius 2 is 1.90 bits per heavy atom. The highest BCUT2D eigenvalue weighted by atomic mass is 15.2. The first-order valence-electron chi connectivity index (χ1n) is 8.38. The van der Waals surface area contributed by atoms with Crippen molar-refractivity contribution in [2.75, 3.05) is 43.5 Å². The molecule has 1 aliphatic carbocycles. The van der Waals surface area contributed by atoms with Gasteiger partial charge in [-0.2, -0.15) is 0 Å². The van der Waals surface area contributed by atoms with Crippen LogP contribution in [0.4, 0.5) is 11.4 Å². The molecule has 0 unspecified atom stereocenters. The molecule has 0 aromatic heterocycles. The van der Waals surface area contributed by atoms with E-state index in [1.165, 1.54) is 68.7 Å². The lowest BCUT2D eigenvalue weighted by molar-refractivity contribution is 0.354. The van der Waals surface area contributed by atoms with Gasteiger partial charge in [0.25, 0.3) is 0 Å². The van der Waals surface area contributed by atoms with Crippen molar-refractivity contribution in [3.05, 3.63) is 23.8 Å².